The van der Waals surface area contributed by atoms with Gasteiger partial charge in [0, 0.05) is 37.4 Å². The lowest BCUT2D eigenvalue weighted by Gasteiger charge is -2.39. The average molecular weight is 475 g/mol. The van der Waals surface area contributed by atoms with Crippen molar-refractivity contribution >= 4 is 11.6 Å². The van der Waals surface area contributed by atoms with E-state index in [0.29, 0.717) is 22.8 Å². The van der Waals surface area contributed by atoms with Gasteiger partial charge in [-0.25, -0.2) is 0 Å². The molecule has 0 radical (unpaired) electrons. The highest BCUT2D eigenvalue weighted by Gasteiger charge is 2.31. The lowest BCUT2D eigenvalue weighted by molar-refractivity contribution is 0.0955. The highest BCUT2D eigenvalue weighted by molar-refractivity contribution is 6.08. The molecule has 1 amide bonds. The average Bonchev–Trinajstić information content (AvgIpc) is 2.90. The zero-order valence-electron chi connectivity index (χ0n) is 21.0. The number of hydrogen-bond donors (Lipinski definition) is 0. The first kappa shape index (κ1) is 24.6. The molecule has 0 aliphatic carbocycles. The Morgan fingerprint density at radius 1 is 0.857 bits per heavy atom. The zero-order valence-corrected chi connectivity index (χ0v) is 21.0. The van der Waals surface area contributed by atoms with E-state index < -0.39 is 0 Å². The summed E-state index contributed by atoms with van der Waals surface area (Å²) in [6.07, 6.45) is 1.75. The van der Waals surface area contributed by atoms with Crippen LogP contribution >= 0.6 is 0 Å². The normalized spacial score (nSPS) is 14.4. The van der Waals surface area contributed by atoms with Crippen molar-refractivity contribution in [3.8, 4) is 17.2 Å². The second-order valence-corrected chi connectivity index (χ2v) is 8.91. The van der Waals surface area contributed by atoms with E-state index in [1.54, 1.807) is 21.3 Å². The second kappa shape index (κ2) is 11.3. The van der Waals surface area contributed by atoms with Crippen LogP contribution < -0.4 is 19.1 Å². The number of anilines is 1. The van der Waals surface area contributed by atoms with Gasteiger partial charge in [-0.3, -0.25) is 9.69 Å². The second-order valence-electron chi connectivity index (χ2n) is 8.91. The Bertz CT molecular complexity index is 1140. The standard InChI is InChI=1S/C29H34N2O4/c1-21-9-11-22(12-10-21)20-30-17-15-23(16-18-30)31(24-13-14-27(34-3)28(19-24)35-4)29(32)25-7-5-6-8-26(25)33-2/h5-14,19,23H,15-18,20H2,1-4H3. The fourth-order valence-electron chi connectivity index (χ4n) is 4.71. The van der Waals surface area contributed by atoms with Crippen LogP contribution in [0, 0.1) is 6.92 Å². The number of likely N-dealkylation sites (tertiary alicyclic amines) is 1. The summed E-state index contributed by atoms with van der Waals surface area (Å²) in [6, 6.07) is 21.8. The molecule has 0 N–H and O–H groups in total. The van der Waals surface area contributed by atoms with E-state index in [2.05, 4.69) is 36.1 Å². The molecule has 0 aromatic heterocycles. The van der Waals surface area contributed by atoms with E-state index in [9.17, 15) is 4.79 Å². The number of carbonyl (C=O) groups is 1. The molecule has 6 nitrogen and oxygen atoms in total. The monoisotopic (exact) mass is 474 g/mol. The number of hydrogen-bond acceptors (Lipinski definition) is 5. The number of nitrogens with zero attached hydrogens (tertiary/aromatic N) is 2. The molecule has 0 saturated carbocycles. The van der Waals surface area contributed by atoms with Crippen LogP contribution in [-0.2, 0) is 6.54 Å². The first-order chi connectivity index (χ1) is 17.0. The minimum absolute atomic E-state index is 0.0554. The maximum absolute atomic E-state index is 13.9. The highest BCUT2D eigenvalue weighted by Crippen LogP contribution is 2.35. The van der Waals surface area contributed by atoms with Crippen molar-refractivity contribution < 1.29 is 19.0 Å². The minimum Gasteiger partial charge on any atom is -0.496 e. The van der Waals surface area contributed by atoms with Crippen LogP contribution in [0.2, 0.25) is 0 Å². The van der Waals surface area contributed by atoms with Crippen LogP contribution in [0.3, 0.4) is 0 Å². The number of aryl methyl sites for hydroxylation is 1. The SMILES string of the molecule is COc1ccc(N(C(=O)c2ccccc2OC)C2CCN(Cc3ccc(C)cc3)CC2)cc1OC. The van der Waals surface area contributed by atoms with Gasteiger partial charge in [-0.15, -0.1) is 0 Å². The van der Waals surface area contributed by atoms with Gasteiger partial charge in [0.05, 0.1) is 26.9 Å². The number of para-hydroxylation sites is 1. The van der Waals surface area contributed by atoms with E-state index in [1.807, 2.05) is 47.4 Å². The Morgan fingerprint density at radius 2 is 1.51 bits per heavy atom. The van der Waals surface area contributed by atoms with Gasteiger partial charge in [0.2, 0.25) is 0 Å². The van der Waals surface area contributed by atoms with Crippen LogP contribution in [0.4, 0.5) is 5.69 Å². The van der Waals surface area contributed by atoms with E-state index in [4.69, 9.17) is 14.2 Å². The molecule has 1 aliphatic heterocycles. The largest absolute Gasteiger partial charge is 0.496 e. The molecule has 1 fully saturated rings. The van der Waals surface area contributed by atoms with Crippen molar-refractivity contribution in [2.45, 2.75) is 32.4 Å². The van der Waals surface area contributed by atoms with Crippen LogP contribution in [0.15, 0.2) is 66.7 Å². The Kier molecular flexibility index (Phi) is 7.93. The Labute approximate surface area is 208 Å². The number of amides is 1. The molecule has 1 aliphatic rings. The van der Waals surface area contributed by atoms with Crippen molar-refractivity contribution in [1.82, 2.24) is 4.90 Å². The summed E-state index contributed by atoms with van der Waals surface area (Å²) in [7, 11) is 4.81. The molecule has 0 atom stereocenters. The fourth-order valence-corrected chi connectivity index (χ4v) is 4.71. The molecule has 184 valence electrons. The van der Waals surface area contributed by atoms with Gasteiger partial charge >= 0.3 is 0 Å². The van der Waals surface area contributed by atoms with Gasteiger partial charge < -0.3 is 19.1 Å². The third-order valence-electron chi connectivity index (χ3n) is 6.65. The maximum atomic E-state index is 13.9. The van der Waals surface area contributed by atoms with Crippen molar-refractivity contribution in [3.63, 3.8) is 0 Å². The van der Waals surface area contributed by atoms with E-state index in [0.717, 1.165) is 38.2 Å². The molecule has 35 heavy (non-hydrogen) atoms. The Morgan fingerprint density at radius 3 is 2.17 bits per heavy atom. The number of methoxy groups -OCH3 is 3. The zero-order chi connectivity index (χ0) is 24.8. The van der Waals surface area contributed by atoms with E-state index in [-0.39, 0.29) is 11.9 Å². The van der Waals surface area contributed by atoms with Crippen molar-refractivity contribution in [2.75, 3.05) is 39.3 Å². The molecule has 1 saturated heterocycles. The van der Waals surface area contributed by atoms with Crippen LogP contribution in [0.5, 0.6) is 17.2 Å². The molecule has 0 unspecified atom stereocenters. The summed E-state index contributed by atoms with van der Waals surface area (Å²) in [5.41, 5.74) is 3.92. The number of rotatable bonds is 8. The molecular formula is C29H34N2O4. The third kappa shape index (κ3) is 5.60. The van der Waals surface area contributed by atoms with Gasteiger partial charge in [0.25, 0.3) is 5.91 Å². The summed E-state index contributed by atoms with van der Waals surface area (Å²) >= 11 is 0. The third-order valence-corrected chi connectivity index (χ3v) is 6.65. The fraction of sp³-hybridized carbons (Fsp3) is 0.345. The summed E-state index contributed by atoms with van der Waals surface area (Å²) in [4.78, 5) is 18.3. The first-order valence-corrected chi connectivity index (χ1v) is 12.0. The molecule has 1 heterocycles. The van der Waals surface area contributed by atoms with Gasteiger partial charge in [-0.05, 0) is 49.6 Å². The number of benzene rings is 3. The minimum atomic E-state index is -0.0772. The molecule has 0 spiro atoms. The molecule has 3 aromatic carbocycles. The quantitative estimate of drug-likeness (QED) is 0.442. The molecule has 0 bridgehead atoms. The molecular weight excluding hydrogens is 440 g/mol. The lowest BCUT2D eigenvalue weighted by atomic mass is 9.99. The van der Waals surface area contributed by atoms with Gasteiger partial charge in [-0.1, -0.05) is 42.0 Å². The smallest absolute Gasteiger partial charge is 0.262 e. The highest BCUT2D eigenvalue weighted by atomic mass is 16.5. The molecule has 4 rings (SSSR count). The topological polar surface area (TPSA) is 51.2 Å². The summed E-state index contributed by atoms with van der Waals surface area (Å²) < 4.78 is 16.5. The van der Waals surface area contributed by atoms with E-state index >= 15 is 0 Å². The lowest BCUT2D eigenvalue weighted by Crippen LogP contribution is -2.47. The van der Waals surface area contributed by atoms with Crippen molar-refractivity contribution in [3.05, 3.63) is 83.4 Å². The van der Waals surface area contributed by atoms with Crippen LogP contribution in [0.1, 0.15) is 34.3 Å². The number of piperidine rings is 1. The van der Waals surface area contributed by atoms with E-state index in [1.165, 1.54) is 11.1 Å². The van der Waals surface area contributed by atoms with Crippen LogP contribution in [0.25, 0.3) is 0 Å². The summed E-state index contributed by atoms with van der Waals surface area (Å²) in [5.74, 6) is 1.72. The Hall–Kier alpha value is -3.51. The first-order valence-electron chi connectivity index (χ1n) is 12.0. The van der Waals surface area contributed by atoms with Crippen LogP contribution in [-0.4, -0.2) is 51.3 Å². The Balaban J connectivity index is 1.60. The number of ether oxygens (including phenoxy) is 3. The van der Waals surface area contributed by atoms with Crippen molar-refractivity contribution in [1.29, 1.82) is 0 Å². The summed E-state index contributed by atoms with van der Waals surface area (Å²) in [5, 5.41) is 0. The van der Waals surface area contributed by atoms with Crippen molar-refractivity contribution in [2.24, 2.45) is 0 Å². The van der Waals surface area contributed by atoms with Gasteiger partial charge in [0.15, 0.2) is 11.5 Å². The number of carbonyl (C=O) groups excluding carboxylic acids is 1. The van der Waals surface area contributed by atoms with Gasteiger partial charge in [-0.2, -0.15) is 0 Å². The molecule has 6 heteroatoms. The predicted molar refractivity (Wildman–Crippen MR) is 139 cm³/mol. The summed E-state index contributed by atoms with van der Waals surface area (Å²) in [6.45, 7) is 4.86. The maximum Gasteiger partial charge on any atom is 0.262 e. The van der Waals surface area contributed by atoms with Gasteiger partial charge in [0.1, 0.15) is 5.75 Å². The molecule has 3 aromatic rings. The predicted octanol–water partition coefficient (Wildman–Crippen LogP) is 5.33.